The second-order valence-electron chi connectivity index (χ2n) is 9.81. The van der Waals surface area contributed by atoms with Gasteiger partial charge in [0.1, 0.15) is 6.61 Å². The van der Waals surface area contributed by atoms with Crippen LogP contribution in [0.1, 0.15) is 54.7 Å². The Kier molecular flexibility index (Phi) is 9.00. The molecule has 0 bridgehead atoms. The number of thiocarbonyl (C=S) groups is 1. The molecule has 3 aromatic rings. The van der Waals surface area contributed by atoms with Crippen LogP contribution in [0.15, 0.2) is 71.6 Å². The molecule has 0 aliphatic carbocycles. The summed E-state index contributed by atoms with van der Waals surface area (Å²) in [5.74, 6) is 0.224. The average Bonchev–Trinajstić information content (AvgIpc) is 3.15. The zero-order valence-corrected chi connectivity index (χ0v) is 24.5. The van der Waals surface area contributed by atoms with Crippen molar-refractivity contribution in [3.8, 4) is 11.5 Å². The van der Waals surface area contributed by atoms with Crippen molar-refractivity contribution in [3.63, 3.8) is 0 Å². The van der Waals surface area contributed by atoms with Crippen LogP contribution in [-0.4, -0.2) is 27.8 Å². The molecule has 1 aliphatic heterocycles. The number of carbonyl (C=O) groups excluding carboxylic acids is 2. The van der Waals surface area contributed by atoms with E-state index in [0.29, 0.717) is 29.6 Å². The Morgan fingerprint density at radius 1 is 1.05 bits per heavy atom. The van der Waals surface area contributed by atoms with Gasteiger partial charge < -0.3 is 9.47 Å². The Morgan fingerprint density at radius 3 is 2.44 bits per heavy atom. The summed E-state index contributed by atoms with van der Waals surface area (Å²) in [4.78, 5) is 26.1. The lowest BCUT2D eigenvalue weighted by atomic mass is 9.87. The number of amides is 2. The molecule has 6 nitrogen and oxygen atoms in total. The molecular formula is C30H29ClN2O4S2. The highest BCUT2D eigenvalue weighted by Gasteiger charge is 2.34. The van der Waals surface area contributed by atoms with Crippen LogP contribution in [-0.2, 0) is 16.8 Å². The molecule has 0 aromatic heterocycles. The fourth-order valence-corrected chi connectivity index (χ4v) is 5.19. The van der Waals surface area contributed by atoms with Crippen LogP contribution in [0.5, 0.6) is 11.5 Å². The maximum absolute atomic E-state index is 13.0. The van der Waals surface area contributed by atoms with Gasteiger partial charge in [-0.1, -0.05) is 86.6 Å². The van der Waals surface area contributed by atoms with E-state index in [1.807, 2.05) is 25.1 Å². The van der Waals surface area contributed by atoms with Gasteiger partial charge in [0.25, 0.3) is 11.8 Å². The predicted octanol–water partition coefficient (Wildman–Crippen LogP) is 7.16. The number of nitrogens with zero attached hydrogens (tertiary/aromatic N) is 1. The third-order valence-electron chi connectivity index (χ3n) is 5.91. The van der Waals surface area contributed by atoms with Crippen molar-refractivity contribution in [1.82, 2.24) is 10.4 Å². The molecule has 0 saturated carbocycles. The highest BCUT2D eigenvalue weighted by atomic mass is 35.5. The van der Waals surface area contributed by atoms with Gasteiger partial charge in [-0.2, -0.15) is 5.01 Å². The second kappa shape index (κ2) is 12.2. The summed E-state index contributed by atoms with van der Waals surface area (Å²) < 4.78 is 12.1. The number of ether oxygens (including phenoxy) is 2. The number of nitrogens with one attached hydrogen (secondary N) is 1. The number of halogens is 1. The SMILES string of the molecule is CCOc1cc(/C=C2/SC(=S)N(NC(=O)c3ccccc3Cl)C2=O)ccc1OCc1ccc(C(C)(C)C)cc1. The molecule has 1 N–H and O–H groups in total. The van der Waals surface area contributed by atoms with Gasteiger partial charge >= 0.3 is 0 Å². The molecule has 202 valence electrons. The van der Waals surface area contributed by atoms with Crippen LogP contribution in [0.25, 0.3) is 6.08 Å². The number of benzene rings is 3. The first-order valence-corrected chi connectivity index (χ1v) is 14.0. The van der Waals surface area contributed by atoms with Crippen molar-refractivity contribution >= 4 is 57.8 Å². The first-order chi connectivity index (χ1) is 18.6. The highest BCUT2D eigenvalue weighted by Crippen LogP contribution is 2.35. The van der Waals surface area contributed by atoms with Crippen LogP contribution < -0.4 is 14.9 Å². The lowest BCUT2D eigenvalue weighted by Crippen LogP contribution is -2.44. The molecule has 0 radical (unpaired) electrons. The normalized spacial score (nSPS) is 14.6. The molecule has 39 heavy (non-hydrogen) atoms. The number of hydrogen-bond acceptors (Lipinski definition) is 6. The number of rotatable bonds is 8. The van der Waals surface area contributed by atoms with Gasteiger partial charge in [0.2, 0.25) is 0 Å². The van der Waals surface area contributed by atoms with Crippen molar-refractivity contribution in [3.05, 3.63) is 98.9 Å². The summed E-state index contributed by atoms with van der Waals surface area (Å²) in [6, 6.07) is 20.5. The van der Waals surface area contributed by atoms with Crippen LogP contribution in [0.4, 0.5) is 0 Å². The van der Waals surface area contributed by atoms with E-state index in [2.05, 4.69) is 50.5 Å². The Labute approximate surface area is 243 Å². The summed E-state index contributed by atoms with van der Waals surface area (Å²) in [7, 11) is 0. The first kappa shape index (κ1) is 28.7. The minimum atomic E-state index is -0.522. The van der Waals surface area contributed by atoms with E-state index in [0.717, 1.165) is 27.9 Å². The lowest BCUT2D eigenvalue weighted by molar-refractivity contribution is -0.123. The van der Waals surface area contributed by atoms with Gasteiger partial charge in [-0.15, -0.1) is 0 Å². The Balaban J connectivity index is 1.47. The maximum atomic E-state index is 13.0. The van der Waals surface area contributed by atoms with Crippen molar-refractivity contribution in [2.75, 3.05) is 6.61 Å². The number of thioether (sulfide) groups is 1. The molecular weight excluding hydrogens is 552 g/mol. The van der Waals surface area contributed by atoms with Crippen molar-refractivity contribution in [2.45, 2.75) is 39.7 Å². The fourth-order valence-electron chi connectivity index (χ4n) is 3.79. The van der Waals surface area contributed by atoms with Gasteiger partial charge in [0.05, 0.1) is 22.1 Å². The first-order valence-electron chi connectivity index (χ1n) is 12.4. The minimum absolute atomic E-state index is 0.0901. The van der Waals surface area contributed by atoms with Gasteiger partial charge in [-0.25, -0.2) is 0 Å². The molecule has 2 amide bonds. The number of hydrazine groups is 1. The standard InChI is InChI=1S/C30H29ClN2O4S2/c1-5-36-25-16-20(12-15-24(25)37-18-19-10-13-21(14-11-19)30(2,3)4)17-26-28(35)33(29(38)39-26)32-27(34)22-8-6-7-9-23(22)31/h6-17H,5,18H2,1-4H3,(H,32,34)/b26-17+. The zero-order chi connectivity index (χ0) is 28.2. The largest absolute Gasteiger partial charge is 0.490 e. The maximum Gasteiger partial charge on any atom is 0.285 e. The van der Waals surface area contributed by atoms with E-state index in [-0.39, 0.29) is 20.3 Å². The summed E-state index contributed by atoms with van der Waals surface area (Å²) >= 11 is 12.6. The van der Waals surface area contributed by atoms with E-state index >= 15 is 0 Å². The topological polar surface area (TPSA) is 67.9 Å². The smallest absolute Gasteiger partial charge is 0.285 e. The monoisotopic (exact) mass is 580 g/mol. The summed E-state index contributed by atoms with van der Waals surface area (Å²) in [6.07, 6.45) is 1.71. The summed E-state index contributed by atoms with van der Waals surface area (Å²) in [5.41, 5.74) is 5.94. The third kappa shape index (κ3) is 7.01. The van der Waals surface area contributed by atoms with Crippen molar-refractivity contribution < 1.29 is 19.1 Å². The van der Waals surface area contributed by atoms with Crippen LogP contribution >= 0.6 is 35.6 Å². The zero-order valence-electron chi connectivity index (χ0n) is 22.1. The van der Waals surface area contributed by atoms with E-state index in [4.69, 9.17) is 33.3 Å². The van der Waals surface area contributed by atoms with E-state index < -0.39 is 11.8 Å². The number of carbonyl (C=O) groups is 2. The number of hydrogen-bond donors (Lipinski definition) is 1. The van der Waals surface area contributed by atoms with E-state index in [1.54, 1.807) is 30.3 Å². The highest BCUT2D eigenvalue weighted by molar-refractivity contribution is 8.26. The Bertz CT molecular complexity index is 1430. The summed E-state index contributed by atoms with van der Waals surface area (Å²) in [5, 5.41) is 1.34. The molecule has 9 heteroatoms. The van der Waals surface area contributed by atoms with Crippen LogP contribution in [0.2, 0.25) is 5.02 Å². The molecule has 1 saturated heterocycles. The molecule has 3 aromatic carbocycles. The molecule has 0 unspecified atom stereocenters. The van der Waals surface area contributed by atoms with Crippen LogP contribution in [0.3, 0.4) is 0 Å². The van der Waals surface area contributed by atoms with Gasteiger partial charge in [-0.05, 0) is 71.6 Å². The third-order valence-corrected chi connectivity index (χ3v) is 7.54. The van der Waals surface area contributed by atoms with Gasteiger partial charge in [0, 0.05) is 0 Å². The molecule has 0 atom stereocenters. The van der Waals surface area contributed by atoms with Gasteiger partial charge in [-0.3, -0.25) is 15.0 Å². The van der Waals surface area contributed by atoms with Crippen molar-refractivity contribution in [2.24, 2.45) is 0 Å². The predicted molar refractivity (Wildman–Crippen MR) is 161 cm³/mol. The Morgan fingerprint density at radius 2 is 1.77 bits per heavy atom. The quantitative estimate of drug-likeness (QED) is 0.225. The lowest BCUT2D eigenvalue weighted by Gasteiger charge is -2.19. The molecule has 1 aliphatic rings. The molecule has 0 spiro atoms. The molecule has 4 rings (SSSR count). The van der Waals surface area contributed by atoms with E-state index in [1.165, 1.54) is 5.56 Å². The second-order valence-corrected chi connectivity index (χ2v) is 11.9. The summed E-state index contributed by atoms with van der Waals surface area (Å²) in [6.45, 7) is 9.30. The van der Waals surface area contributed by atoms with Crippen LogP contribution in [0, 0.1) is 0 Å². The fraction of sp³-hybridized carbons (Fsp3) is 0.233. The van der Waals surface area contributed by atoms with Gasteiger partial charge in [0.15, 0.2) is 15.8 Å². The molecule has 1 heterocycles. The minimum Gasteiger partial charge on any atom is -0.490 e. The Hall–Kier alpha value is -3.33. The average molecular weight is 581 g/mol. The molecule has 1 fully saturated rings. The van der Waals surface area contributed by atoms with Crippen molar-refractivity contribution in [1.29, 1.82) is 0 Å². The van der Waals surface area contributed by atoms with E-state index in [9.17, 15) is 9.59 Å².